The molecule has 2 amide bonds. The average Bonchev–Trinajstić information content (AvgIpc) is 3.01. The number of carbonyl (C=O) groups is 2. The van der Waals surface area contributed by atoms with E-state index < -0.39 is 29.2 Å². The third-order valence-electron chi connectivity index (χ3n) is 6.45. The van der Waals surface area contributed by atoms with E-state index in [1.54, 1.807) is 26.8 Å². The van der Waals surface area contributed by atoms with Crippen LogP contribution in [0.25, 0.3) is 11.1 Å². The largest absolute Gasteiger partial charge is 0.493 e. The molecule has 1 atom stereocenters. The van der Waals surface area contributed by atoms with E-state index in [-0.39, 0.29) is 25.1 Å². The van der Waals surface area contributed by atoms with Gasteiger partial charge in [-0.1, -0.05) is 18.2 Å². The lowest BCUT2D eigenvalue weighted by Gasteiger charge is -2.37. The predicted molar refractivity (Wildman–Crippen MR) is 134 cm³/mol. The Morgan fingerprint density at radius 3 is 2.57 bits per heavy atom. The Kier molecular flexibility index (Phi) is 7.69. The number of benzene rings is 2. The van der Waals surface area contributed by atoms with Crippen LogP contribution in [0.4, 0.5) is 9.18 Å². The Morgan fingerprint density at radius 2 is 1.86 bits per heavy atom. The van der Waals surface area contributed by atoms with Crippen molar-refractivity contribution < 1.29 is 28.2 Å². The van der Waals surface area contributed by atoms with Crippen molar-refractivity contribution in [3.63, 3.8) is 0 Å². The molecule has 2 aliphatic heterocycles. The molecule has 0 radical (unpaired) electrons. The molecule has 0 aliphatic carbocycles. The fourth-order valence-electron chi connectivity index (χ4n) is 4.63. The van der Waals surface area contributed by atoms with Crippen molar-refractivity contribution in [2.75, 3.05) is 19.8 Å². The summed E-state index contributed by atoms with van der Waals surface area (Å²) < 4.78 is 30.4. The number of rotatable bonds is 5. The number of hydrogen-bond donors (Lipinski definition) is 2. The number of nitrogens with one attached hydrogen (secondary N) is 2. The highest BCUT2D eigenvalue weighted by atomic mass is 19.1. The highest BCUT2D eigenvalue weighted by molar-refractivity contribution is 5.90. The molecule has 4 rings (SSSR count). The summed E-state index contributed by atoms with van der Waals surface area (Å²) in [5.41, 5.74) is 1.51. The van der Waals surface area contributed by atoms with E-state index in [1.807, 2.05) is 18.2 Å². The zero-order chi connectivity index (χ0) is 26.6. The molecule has 37 heavy (non-hydrogen) atoms. The molecule has 2 N–H and O–H groups in total. The van der Waals surface area contributed by atoms with Crippen molar-refractivity contribution in [2.45, 2.75) is 63.6 Å². The number of hydrogen-bond acceptors (Lipinski definition) is 6. The maximum absolute atomic E-state index is 13.7. The van der Waals surface area contributed by atoms with E-state index in [4.69, 9.17) is 14.2 Å². The third-order valence-corrected chi connectivity index (χ3v) is 6.45. The van der Waals surface area contributed by atoms with Crippen LogP contribution >= 0.6 is 0 Å². The number of amides is 2. The Morgan fingerprint density at radius 1 is 1.14 bits per heavy atom. The first-order valence-corrected chi connectivity index (χ1v) is 12.4. The molecule has 2 aromatic rings. The summed E-state index contributed by atoms with van der Waals surface area (Å²) in [6.07, 6.45) is 0.672. The smallest absolute Gasteiger partial charge is 0.408 e. The van der Waals surface area contributed by atoms with Crippen LogP contribution in [0.3, 0.4) is 0 Å². The van der Waals surface area contributed by atoms with Crippen molar-refractivity contribution in [3.8, 4) is 22.9 Å². The molecule has 0 saturated carbocycles. The molecule has 2 aliphatic rings. The molecular formula is C28H32FN3O5. The van der Waals surface area contributed by atoms with Gasteiger partial charge in [-0.15, -0.1) is 0 Å². The van der Waals surface area contributed by atoms with Crippen molar-refractivity contribution >= 4 is 12.0 Å². The summed E-state index contributed by atoms with van der Waals surface area (Å²) in [6, 6.07) is 11.7. The number of halogens is 1. The van der Waals surface area contributed by atoms with Gasteiger partial charge in [0.05, 0.1) is 12.7 Å². The average molecular weight is 510 g/mol. The summed E-state index contributed by atoms with van der Waals surface area (Å²) in [7, 11) is 0. The summed E-state index contributed by atoms with van der Waals surface area (Å²) in [6.45, 7) is 6.25. The standard InChI is InChI=1S/C28H32FN3O5/c1-27(2,3)37-26(34)32-28(9-12-35-13-10-28)25(33)31-21(17-30)14-18-4-6-23-22-7-5-20(29)16-19(22)8-11-36-24(23)15-18/h4-7,15-16,21H,8-14H2,1-3H3,(H,31,33)(H,32,34). The van der Waals surface area contributed by atoms with Gasteiger partial charge < -0.3 is 24.8 Å². The number of alkyl carbamates (subject to hydrolysis) is 1. The Hall–Kier alpha value is -3.64. The van der Waals surface area contributed by atoms with Crippen molar-refractivity contribution in [2.24, 2.45) is 0 Å². The van der Waals surface area contributed by atoms with Crippen molar-refractivity contribution in [1.29, 1.82) is 5.26 Å². The summed E-state index contributed by atoms with van der Waals surface area (Å²) in [4.78, 5) is 25.9. The molecule has 1 unspecified atom stereocenters. The Labute approximate surface area is 216 Å². The molecule has 2 aromatic carbocycles. The molecule has 2 heterocycles. The monoisotopic (exact) mass is 509 g/mol. The predicted octanol–water partition coefficient (Wildman–Crippen LogP) is 4.05. The fourth-order valence-corrected chi connectivity index (χ4v) is 4.63. The van der Waals surface area contributed by atoms with Gasteiger partial charge >= 0.3 is 6.09 Å². The lowest BCUT2D eigenvalue weighted by Crippen LogP contribution is -2.63. The normalized spacial score (nSPS) is 17.1. The molecule has 1 saturated heterocycles. The molecule has 0 bridgehead atoms. The van der Waals surface area contributed by atoms with E-state index in [2.05, 4.69) is 16.7 Å². The van der Waals surface area contributed by atoms with Gasteiger partial charge in [-0.3, -0.25) is 4.79 Å². The van der Waals surface area contributed by atoms with E-state index in [0.717, 1.165) is 22.3 Å². The van der Waals surface area contributed by atoms with E-state index in [1.165, 1.54) is 12.1 Å². The van der Waals surface area contributed by atoms with Crippen molar-refractivity contribution in [3.05, 3.63) is 53.3 Å². The van der Waals surface area contributed by atoms with E-state index in [0.29, 0.717) is 32.0 Å². The minimum atomic E-state index is -1.23. The fraction of sp³-hybridized carbons (Fsp3) is 0.464. The first kappa shape index (κ1) is 26.4. The molecule has 0 aromatic heterocycles. The lowest BCUT2D eigenvalue weighted by molar-refractivity contribution is -0.132. The van der Waals surface area contributed by atoms with Crippen LogP contribution in [0.2, 0.25) is 0 Å². The minimum absolute atomic E-state index is 0.244. The molecule has 0 spiro atoms. The number of fused-ring (bicyclic) bond motifs is 3. The second-order valence-electron chi connectivity index (χ2n) is 10.4. The Bertz CT molecular complexity index is 1210. The van der Waals surface area contributed by atoms with Gasteiger partial charge in [-0.05, 0) is 55.7 Å². The molecule has 1 fully saturated rings. The first-order valence-electron chi connectivity index (χ1n) is 12.4. The van der Waals surface area contributed by atoms with E-state index in [9.17, 15) is 19.2 Å². The maximum atomic E-state index is 13.7. The zero-order valence-corrected chi connectivity index (χ0v) is 21.4. The van der Waals surface area contributed by atoms with Gasteiger partial charge in [0.2, 0.25) is 5.91 Å². The van der Waals surface area contributed by atoms with Crippen LogP contribution in [0.1, 0.15) is 44.7 Å². The SMILES string of the molecule is CC(C)(C)OC(=O)NC1(C(=O)NC(C#N)Cc2ccc3c(c2)OCCc2cc(F)ccc2-3)CCOCC1. The van der Waals surface area contributed by atoms with Crippen LogP contribution < -0.4 is 15.4 Å². The minimum Gasteiger partial charge on any atom is -0.493 e. The molecule has 9 heteroatoms. The number of nitriles is 1. The third kappa shape index (κ3) is 6.38. The van der Waals surface area contributed by atoms with Gasteiger partial charge in [0, 0.05) is 44.5 Å². The second-order valence-corrected chi connectivity index (χ2v) is 10.4. The number of carbonyl (C=O) groups excluding carboxylic acids is 2. The van der Waals surface area contributed by atoms with Gasteiger partial charge in [-0.25, -0.2) is 9.18 Å². The quantitative estimate of drug-likeness (QED) is 0.629. The summed E-state index contributed by atoms with van der Waals surface area (Å²) in [5.74, 6) is -0.0802. The van der Waals surface area contributed by atoms with E-state index >= 15 is 0 Å². The molecule has 8 nitrogen and oxygen atoms in total. The molecule has 196 valence electrons. The van der Waals surface area contributed by atoms with Gasteiger partial charge in [-0.2, -0.15) is 5.26 Å². The lowest BCUT2D eigenvalue weighted by atomic mass is 9.88. The second kappa shape index (κ2) is 10.8. The summed E-state index contributed by atoms with van der Waals surface area (Å²) in [5, 5.41) is 15.4. The topological polar surface area (TPSA) is 110 Å². The Balaban J connectivity index is 1.49. The molecular weight excluding hydrogens is 477 g/mol. The first-order chi connectivity index (χ1) is 17.6. The highest BCUT2D eigenvalue weighted by Crippen LogP contribution is 2.36. The van der Waals surface area contributed by atoms with Crippen LogP contribution in [0.5, 0.6) is 5.75 Å². The van der Waals surface area contributed by atoms with Gasteiger partial charge in [0.15, 0.2) is 0 Å². The number of nitrogens with zero attached hydrogens (tertiary/aromatic N) is 1. The van der Waals surface area contributed by atoms with Gasteiger partial charge in [0.1, 0.15) is 28.7 Å². The van der Waals surface area contributed by atoms with Crippen LogP contribution in [0.15, 0.2) is 36.4 Å². The van der Waals surface area contributed by atoms with Crippen LogP contribution in [-0.4, -0.2) is 49.0 Å². The van der Waals surface area contributed by atoms with Crippen molar-refractivity contribution in [1.82, 2.24) is 10.6 Å². The van der Waals surface area contributed by atoms with Crippen LogP contribution in [0, 0.1) is 17.1 Å². The number of ether oxygens (including phenoxy) is 3. The maximum Gasteiger partial charge on any atom is 0.408 e. The summed E-state index contributed by atoms with van der Waals surface area (Å²) >= 11 is 0. The van der Waals surface area contributed by atoms with Gasteiger partial charge in [0.25, 0.3) is 0 Å². The highest BCUT2D eigenvalue weighted by Gasteiger charge is 2.43. The van der Waals surface area contributed by atoms with Crippen LogP contribution in [-0.2, 0) is 27.1 Å². The zero-order valence-electron chi connectivity index (χ0n) is 21.4.